The van der Waals surface area contributed by atoms with Gasteiger partial charge in [-0.15, -0.1) is 0 Å². The predicted molar refractivity (Wildman–Crippen MR) is 87.9 cm³/mol. The highest BCUT2D eigenvalue weighted by Gasteiger charge is 2.48. The number of nitrogens with zero attached hydrogens (tertiary/aromatic N) is 1. The standard InChI is InChI=1S/C15H18F3NO7S/c1-9(12(20)21)19(13(22)25-14(2,3)4)10-5-7-11(8-6-10)26-27(23,24)15(16,17)18/h5-9H,1-4H3,(H,20,21)/t9-/m0/s1. The van der Waals surface area contributed by atoms with Gasteiger partial charge in [0.1, 0.15) is 17.4 Å². The summed E-state index contributed by atoms with van der Waals surface area (Å²) in [5, 5.41) is 9.18. The number of hydrogen-bond acceptors (Lipinski definition) is 6. The smallest absolute Gasteiger partial charge is 0.480 e. The van der Waals surface area contributed by atoms with E-state index in [1.165, 1.54) is 6.92 Å². The molecule has 1 N–H and O–H groups in total. The molecule has 0 spiro atoms. The van der Waals surface area contributed by atoms with Crippen molar-refractivity contribution in [1.29, 1.82) is 0 Å². The zero-order chi connectivity index (χ0) is 21.2. The largest absolute Gasteiger partial charge is 0.534 e. The number of carboxylic acid groups (broad SMARTS) is 1. The Hall–Kier alpha value is -2.50. The zero-order valence-corrected chi connectivity index (χ0v) is 15.6. The number of rotatable bonds is 5. The van der Waals surface area contributed by atoms with Crippen molar-refractivity contribution in [1.82, 2.24) is 0 Å². The lowest BCUT2D eigenvalue weighted by Gasteiger charge is -2.30. The van der Waals surface area contributed by atoms with Crippen molar-refractivity contribution in [2.24, 2.45) is 0 Å². The molecule has 0 unspecified atom stereocenters. The summed E-state index contributed by atoms with van der Waals surface area (Å²) in [7, 11) is -5.85. The molecule has 152 valence electrons. The van der Waals surface area contributed by atoms with E-state index in [0.29, 0.717) is 0 Å². The van der Waals surface area contributed by atoms with Crippen molar-refractivity contribution in [2.45, 2.75) is 44.8 Å². The average Bonchev–Trinajstić information content (AvgIpc) is 2.45. The molecule has 0 bridgehead atoms. The van der Waals surface area contributed by atoms with E-state index in [1.807, 2.05) is 0 Å². The normalized spacial score (nSPS) is 13.6. The lowest BCUT2D eigenvalue weighted by molar-refractivity contribution is -0.138. The van der Waals surface area contributed by atoms with Gasteiger partial charge in [0.05, 0.1) is 0 Å². The maximum atomic E-state index is 12.3. The molecule has 1 atom stereocenters. The predicted octanol–water partition coefficient (Wildman–Crippen LogP) is 3.13. The number of hydrogen-bond donors (Lipinski definition) is 1. The lowest BCUT2D eigenvalue weighted by atomic mass is 10.2. The van der Waals surface area contributed by atoms with Crippen LogP contribution in [-0.4, -0.2) is 42.7 Å². The molecule has 0 aromatic heterocycles. The van der Waals surface area contributed by atoms with Crippen LogP contribution < -0.4 is 9.08 Å². The second-order valence-electron chi connectivity index (χ2n) is 6.34. The summed E-state index contributed by atoms with van der Waals surface area (Å²) in [6, 6.07) is 2.40. The first kappa shape index (κ1) is 22.5. The number of carbonyl (C=O) groups is 2. The molecular formula is C15H18F3NO7S. The number of benzene rings is 1. The van der Waals surface area contributed by atoms with Gasteiger partial charge in [0.25, 0.3) is 0 Å². The van der Waals surface area contributed by atoms with Gasteiger partial charge in [-0.1, -0.05) is 0 Å². The number of carboxylic acids is 1. The monoisotopic (exact) mass is 413 g/mol. The van der Waals surface area contributed by atoms with Crippen LogP contribution in [0.3, 0.4) is 0 Å². The number of halogens is 3. The Morgan fingerprint density at radius 1 is 1.11 bits per heavy atom. The second-order valence-corrected chi connectivity index (χ2v) is 7.88. The number of aliphatic carboxylic acids is 1. The molecule has 0 aliphatic carbocycles. The molecule has 8 nitrogen and oxygen atoms in total. The minimum atomic E-state index is -5.85. The Kier molecular flexibility index (Phi) is 6.37. The first-order valence-electron chi connectivity index (χ1n) is 7.41. The van der Waals surface area contributed by atoms with Gasteiger partial charge < -0.3 is 14.0 Å². The molecule has 1 rings (SSSR count). The van der Waals surface area contributed by atoms with Crippen molar-refractivity contribution in [3.05, 3.63) is 24.3 Å². The third-order valence-electron chi connectivity index (χ3n) is 2.94. The van der Waals surface area contributed by atoms with Gasteiger partial charge in [-0.05, 0) is 52.0 Å². The van der Waals surface area contributed by atoms with Crippen LogP contribution >= 0.6 is 0 Å². The molecule has 0 heterocycles. The van der Waals surface area contributed by atoms with E-state index in [1.54, 1.807) is 20.8 Å². The summed E-state index contributed by atoms with van der Waals surface area (Å²) in [4.78, 5) is 24.3. The Morgan fingerprint density at radius 2 is 1.59 bits per heavy atom. The van der Waals surface area contributed by atoms with Gasteiger partial charge in [-0.2, -0.15) is 21.6 Å². The highest BCUT2D eigenvalue weighted by Crippen LogP contribution is 2.29. The summed E-state index contributed by atoms with van der Waals surface area (Å²) < 4.78 is 68.1. The number of carbonyl (C=O) groups excluding carboxylic acids is 1. The third kappa shape index (κ3) is 6.01. The van der Waals surface area contributed by atoms with Crippen LogP contribution in [-0.2, 0) is 19.6 Å². The molecule has 0 radical (unpaired) electrons. The molecule has 0 fully saturated rings. The fourth-order valence-corrected chi connectivity index (χ4v) is 2.20. The molecule has 0 aliphatic rings. The topological polar surface area (TPSA) is 110 Å². The molecule has 0 saturated carbocycles. The molecule has 0 aliphatic heterocycles. The minimum absolute atomic E-state index is 0.0455. The van der Waals surface area contributed by atoms with Gasteiger partial charge in [-0.3, -0.25) is 4.90 Å². The van der Waals surface area contributed by atoms with E-state index in [0.717, 1.165) is 29.2 Å². The van der Waals surface area contributed by atoms with E-state index in [-0.39, 0.29) is 5.69 Å². The van der Waals surface area contributed by atoms with Crippen molar-refractivity contribution in [3.8, 4) is 5.75 Å². The van der Waals surface area contributed by atoms with Crippen molar-refractivity contribution in [3.63, 3.8) is 0 Å². The van der Waals surface area contributed by atoms with E-state index in [4.69, 9.17) is 4.74 Å². The van der Waals surface area contributed by atoms with Crippen LogP contribution in [0, 0.1) is 0 Å². The maximum absolute atomic E-state index is 12.3. The Labute approximate surface area is 153 Å². The number of ether oxygens (including phenoxy) is 1. The first-order chi connectivity index (χ1) is 12.0. The van der Waals surface area contributed by atoms with Crippen LogP contribution in [0.15, 0.2) is 24.3 Å². The van der Waals surface area contributed by atoms with Crippen molar-refractivity contribution in [2.75, 3.05) is 4.90 Å². The summed E-state index contributed by atoms with van der Waals surface area (Å²) in [6.07, 6.45) is -1.01. The van der Waals surface area contributed by atoms with Gasteiger partial charge in [0, 0.05) is 5.69 Å². The van der Waals surface area contributed by atoms with E-state index < -0.39 is 45.1 Å². The van der Waals surface area contributed by atoms with E-state index in [9.17, 15) is 36.3 Å². The Bertz CT molecular complexity index is 798. The molecule has 1 aromatic carbocycles. The van der Waals surface area contributed by atoms with Crippen LogP contribution in [0.5, 0.6) is 5.75 Å². The van der Waals surface area contributed by atoms with Crippen LogP contribution in [0.2, 0.25) is 0 Å². The van der Waals surface area contributed by atoms with Crippen LogP contribution in [0.4, 0.5) is 23.7 Å². The molecule has 1 aromatic rings. The Morgan fingerprint density at radius 3 is 1.96 bits per heavy atom. The lowest BCUT2D eigenvalue weighted by Crippen LogP contribution is -2.46. The molecule has 0 saturated heterocycles. The van der Waals surface area contributed by atoms with Crippen molar-refractivity contribution >= 4 is 27.9 Å². The number of alkyl halides is 3. The molecule has 12 heteroatoms. The fraction of sp³-hybridized carbons (Fsp3) is 0.467. The van der Waals surface area contributed by atoms with Crippen molar-refractivity contribution < 1.29 is 45.2 Å². The second kappa shape index (κ2) is 7.62. The van der Waals surface area contributed by atoms with Gasteiger partial charge in [0.15, 0.2) is 0 Å². The average molecular weight is 413 g/mol. The first-order valence-corrected chi connectivity index (χ1v) is 8.82. The van der Waals surface area contributed by atoms with Crippen LogP contribution in [0.25, 0.3) is 0 Å². The summed E-state index contributed by atoms with van der Waals surface area (Å²) in [5.41, 5.74) is -6.58. The van der Waals surface area contributed by atoms with E-state index >= 15 is 0 Å². The minimum Gasteiger partial charge on any atom is -0.480 e. The maximum Gasteiger partial charge on any atom is 0.534 e. The third-order valence-corrected chi connectivity index (χ3v) is 3.92. The number of anilines is 1. The molecule has 1 amide bonds. The van der Waals surface area contributed by atoms with Gasteiger partial charge >= 0.3 is 27.7 Å². The molecular weight excluding hydrogens is 395 g/mol. The van der Waals surface area contributed by atoms with E-state index in [2.05, 4.69) is 4.18 Å². The summed E-state index contributed by atoms with van der Waals surface area (Å²) in [6.45, 7) is 5.89. The quantitative estimate of drug-likeness (QED) is 0.583. The van der Waals surface area contributed by atoms with Crippen LogP contribution in [0.1, 0.15) is 27.7 Å². The zero-order valence-electron chi connectivity index (χ0n) is 14.8. The highest BCUT2D eigenvalue weighted by molar-refractivity contribution is 7.88. The molecule has 27 heavy (non-hydrogen) atoms. The fourth-order valence-electron chi connectivity index (χ4n) is 1.74. The summed E-state index contributed by atoms with van der Waals surface area (Å²) >= 11 is 0. The SMILES string of the molecule is C[C@@H](C(=O)O)N(C(=O)OC(C)(C)C)c1ccc(OS(=O)(=O)C(F)(F)F)cc1. The van der Waals surface area contributed by atoms with Gasteiger partial charge in [0.2, 0.25) is 0 Å². The summed E-state index contributed by atoms with van der Waals surface area (Å²) in [5.74, 6) is -2.02. The number of amides is 1. The van der Waals surface area contributed by atoms with Gasteiger partial charge in [-0.25, -0.2) is 9.59 Å². The Balaban J connectivity index is 3.18. The highest BCUT2D eigenvalue weighted by atomic mass is 32.2.